The number of hydrogen-bond donors (Lipinski definition) is 0. The molecule has 3 nitrogen and oxygen atoms in total. The summed E-state index contributed by atoms with van der Waals surface area (Å²) in [6.07, 6.45) is 0. The van der Waals surface area contributed by atoms with Gasteiger partial charge in [-0.25, -0.2) is 0 Å². The number of carbonyl (C=O) groups excluding carboxylic acids is 1. The number of ether oxygens (including phenoxy) is 1. The fourth-order valence-corrected chi connectivity index (χ4v) is 2.95. The van der Waals surface area contributed by atoms with E-state index in [1.165, 1.54) is 0 Å². The molecule has 1 heterocycles. The van der Waals surface area contributed by atoms with Crippen molar-refractivity contribution in [2.45, 2.75) is 6.54 Å². The summed E-state index contributed by atoms with van der Waals surface area (Å²) in [7, 11) is 3.39. The molecule has 0 bridgehead atoms. The molecule has 0 unspecified atom stereocenters. The second-order valence-corrected chi connectivity index (χ2v) is 6.44. The van der Waals surface area contributed by atoms with Crippen LogP contribution in [0.2, 0.25) is 0 Å². The third-order valence-electron chi connectivity index (χ3n) is 2.70. The second-order valence-electron chi connectivity index (χ2n) is 4.15. The second kappa shape index (κ2) is 6.21. The Hall–Kier alpha value is -1.33. The smallest absolute Gasteiger partial charge is 0.254 e. The minimum Gasteiger partial charge on any atom is -0.497 e. The first-order valence-electron chi connectivity index (χ1n) is 5.72. The molecule has 2 aromatic rings. The van der Waals surface area contributed by atoms with Crippen molar-refractivity contribution in [1.82, 2.24) is 4.90 Å². The molecular weight excluding hydrogens is 326 g/mol. The van der Waals surface area contributed by atoms with Crippen molar-refractivity contribution in [2.24, 2.45) is 0 Å². The van der Waals surface area contributed by atoms with Crippen molar-refractivity contribution < 1.29 is 9.53 Å². The van der Waals surface area contributed by atoms with E-state index in [0.717, 1.165) is 9.35 Å². The van der Waals surface area contributed by atoms with Gasteiger partial charge in [0.2, 0.25) is 0 Å². The summed E-state index contributed by atoms with van der Waals surface area (Å²) in [6, 6.07) is 9.22. The molecule has 0 aliphatic carbocycles. The first kappa shape index (κ1) is 14.1. The third kappa shape index (κ3) is 3.58. The number of nitrogens with zero attached hydrogens (tertiary/aromatic N) is 1. The fourth-order valence-electron chi connectivity index (χ4n) is 1.75. The predicted molar refractivity (Wildman–Crippen MR) is 80.8 cm³/mol. The van der Waals surface area contributed by atoms with E-state index in [-0.39, 0.29) is 5.91 Å². The van der Waals surface area contributed by atoms with E-state index in [1.807, 2.05) is 23.6 Å². The molecule has 1 aromatic heterocycles. The van der Waals surface area contributed by atoms with Crippen molar-refractivity contribution in [3.8, 4) is 5.75 Å². The van der Waals surface area contributed by atoms with Gasteiger partial charge in [0.25, 0.3) is 5.91 Å². The molecule has 0 radical (unpaired) electrons. The summed E-state index contributed by atoms with van der Waals surface area (Å²) in [6.45, 7) is 0.595. The quantitative estimate of drug-likeness (QED) is 0.847. The van der Waals surface area contributed by atoms with Gasteiger partial charge in [-0.15, -0.1) is 11.3 Å². The molecule has 0 fully saturated rings. The van der Waals surface area contributed by atoms with Crippen LogP contribution in [0.15, 0.2) is 39.5 Å². The molecule has 1 amide bonds. The highest BCUT2D eigenvalue weighted by atomic mass is 79.9. The molecule has 100 valence electrons. The number of amides is 1. The van der Waals surface area contributed by atoms with Crippen molar-refractivity contribution in [2.75, 3.05) is 14.2 Å². The molecule has 0 aliphatic heterocycles. The van der Waals surface area contributed by atoms with Gasteiger partial charge in [0.05, 0.1) is 10.9 Å². The molecule has 0 N–H and O–H groups in total. The lowest BCUT2D eigenvalue weighted by atomic mass is 10.2. The van der Waals surface area contributed by atoms with Gasteiger partial charge < -0.3 is 9.64 Å². The highest BCUT2D eigenvalue weighted by Crippen LogP contribution is 2.22. The molecule has 0 saturated heterocycles. The molecule has 5 heteroatoms. The highest BCUT2D eigenvalue weighted by Gasteiger charge is 2.13. The zero-order valence-electron chi connectivity index (χ0n) is 10.7. The Morgan fingerprint density at radius 1 is 1.42 bits per heavy atom. The van der Waals surface area contributed by atoms with Crippen molar-refractivity contribution >= 4 is 33.2 Å². The fraction of sp³-hybridized carbons (Fsp3) is 0.214. The van der Waals surface area contributed by atoms with Crippen molar-refractivity contribution in [3.05, 3.63) is 50.6 Å². The molecule has 0 atom stereocenters. The number of hydrogen-bond acceptors (Lipinski definition) is 3. The van der Waals surface area contributed by atoms with Crippen LogP contribution in [0.25, 0.3) is 0 Å². The van der Waals surface area contributed by atoms with E-state index in [0.29, 0.717) is 17.9 Å². The average molecular weight is 340 g/mol. The largest absolute Gasteiger partial charge is 0.497 e. The monoisotopic (exact) mass is 339 g/mol. The van der Waals surface area contributed by atoms with Crippen LogP contribution < -0.4 is 4.74 Å². The lowest BCUT2D eigenvalue weighted by molar-refractivity contribution is 0.0785. The van der Waals surface area contributed by atoms with E-state index < -0.39 is 0 Å². The van der Waals surface area contributed by atoms with Crippen molar-refractivity contribution in [3.63, 3.8) is 0 Å². The summed E-state index contributed by atoms with van der Waals surface area (Å²) in [5, 5.41) is 2.04. The molecule has 0 saturated carbocycles. The zero-order chi connectivity index (χ0) is 13.8. The average Bonchev–Trinajstić information content (AvgIpc) is 2.83. The van der Waals surface area contributed by atoms with Gasteiger partial charge >= 0.3 is 0 Å². The zero-order valence-corrected chi connectivity index (χ0v) is 13.1. The number of methoxy groups -OCH3 is 1. The number of thiophene rings is 1. The standard InChI is InChI=1S/C14H14BrNO2S/c1-16(8-10-6-13(15)19-9-10)14(17)11-4-3-5-12(7-11)18-2/h3-7,9H,8H2,1-2H3. The predicted octanol–water partition coefficient (Wildman–Crippen LogP) is 3.79. The Bertz CT molecular complexity index is 582. The summed E-state index contributed by atoms with van der Waals surface area (Å²) in [4.78, 5) is 14.0. The van der Waals surface area contributed by atoms with Gasteiger partial charge in [0, 0.05) is 19.2 Å². The van der Waals surface area contributed by atoms with E-state index in [9.17, 15) is 4.79 Å². The number of carbonyl (C=O) groups is 1. The first-order valence-corrected chi connectivity index (χ1v) is 7.40. The lowest BCUT2D eigenvalue weighted by Crippen LogP contribution is -2.25. The van der Waals surface area contributed by atoms with E-state index >= 15 is 0 Å². The maximum absolute atomic E-state index is 12.3. The normalized spacial score (nSPS) is 10.3. The number of benzene rings is 1. The maximum Gasteiger partial charge on any atom is 0.254 e. The lowest BCUT2D eigenvalue weighted by Gasteiger charge is -2.16. The first-order chi connectivity index (χ1) is 9.10. The summed E-state index contributed by atoms with van der Waals surface area (Å²) >= 11 is 5.04. The van der Waals surface area contributed by atoms with Crippen LogP contribution >= 0.6 is 27.3 Å². The molecule has 1 aromatic carbocycles. The third-order valence-corrected chi connectivity index (χ3v) is 4.26. The maximum atomic E-state index is 12.3. The summed E-state index contributed by atoms with van der Waals surface area (Å²) in [5.74, 6) is 0.679. The molecule has 19 heavy (non-hydrogen) atoms. The minimum atomic E-state index is -0.0128. The highest BCUT2D eigenvalue weighted by molar-refractivity contribution is 9.11. The molecule has 0 aliphatic rings. The molecular formula is C14H14BrNO2S. The van der Waals surface area contributed by atoms with Crippen LogP contribution in [0.1, 0.15) is 15.9 Å². The van der Waals surface area contributed by atoms with Gasteiger partial charge in [-0.3, -0.25) is 4.79 Å². The number of rotatable bonds is 4. The van der Waals surface area contributed by atoms with Gasteiger partial charge in [-0.1, -0.05) is 6.07 Å². The number of halogens is 1. The van der Waals surface area contributed by atoms with Gasteiger partial charge in [0.15, 0.2) is 0 Å². The van der Waals surface area contributed by atoms with Crippen LogP contribution in [0, 0.1) is 0 Å². The minimum absolute atomic E-state index is 0.0128. The Kier molecular flexibility index (Phi) is 4.61. The van der Waals surface area contributed by atoms with Crippen LogP contribution in [0.3, 0.4) is 0 Å². The Morgan fingerprint density at radius 2 is 2.21 bits per heavy atom. The Balaban J connectivity index is 2.09. The van der Waals surface area contributed by atoms with Crippen LogP contribution in [-0.2, 0) is 6.54 Å². The van der Waals surface area contributed by atoms with Crippen LogP contribution in [0.4, 0.5) is 0 Å². The van der Waals surface area contributed by atoms with E-state index in [1.54, 1.807) is 42.5 Å². The Labute approximate surface area is 124 Å². The van der Waals surface area contributed by atoms with Crippen LogP contribution in [0.5, 0.6) is 5.75 Å². The van der Waals surface area contributed by atoms with Crippen molar-refractivity contribution in [1.29, 1.82) is 0 Å². The Morgan fingerprint density at radius 3 is 2.84 bits per heavy atom. The molecule has 2 rings (SSSR count). The summed E-state index contributed by atoms with van der Waals surface area (Å²) in [5.41, 5.74) is 1.76. The van der Waals surface area contributed by atoms with Gasteiger partial charge in [0.1, 0.15) is 5.75 Å². The SMILES string of the molecule is COc1cccc(C(=O)N(C)Cc2csc(Br)c2)c1. The van der Waals surface area contributed by atoms with E-state index in [2.05, 4.69) is 15.9 Å². The van der Waals surface area contributed by atoms with E-state index in [4.69, 9.17) is 4.74 Å². The van der Waals surface area contributed by atoms with Gasteiger partial charge in [-0.05, 0) is 51.1 Å². The molecule has 0 spiro atoms. The van der Waals surface area contributed by atoms with Crippen LogP contribution in [-0.4, -0.2) is 25.0 Å². The van der Waals surface area contributed by atoms with Gasteiger partial charge in [-0.2, -0.15) is 0 Å². The topological polar surface area (TPSA) is 29.5 Å². The summed E-state index contributed by atoms with van der Waals surface area (Å²) < 4.78 is 6.20.